The first-order valence-electron chi connectivity index (χ1n) is 4.50. The van der Waals surface area contributed by atoms with Gasteiger partial charge in [0.2, 0.25) is 0 Å². The van der Waals surface area contributed by atoms with Crippen LogP contribution in [0.1, 0.15) is 24.4 Å². The normalized spacial score (nSPS) is 12.8. The molecule has 3 nitrogen and oxygen atoms in total. The van der Waals surface area contributed by atoms with Crippen LogP contribution in [0.3, 0.4) is 0 Å². The van der Waals surface area contributed by atoms with Gasteiger partial charge >= 0.3 is 0 Å². The zero-order valence-electron chi connectivity index (χ0n) is 7.78. The second-order valence-corrected chi connectivity index (χ2v) is 4.03. The average molecular weight is 260 g/mol. The minimum Gasteiger partial charge on any atom is -0.508 e. The minimum atomic E-state index is -0.149. The van der Waals surface area contributed by atoms with E-state index >= 15 is 0 Å². The van der Waals surface area contributed by atoms with E-state index in [1.807, 2.05) is 0 Å². The number of phenolic OH excluding ortho intramolecular Hbond substituents is 1. The summed E-state index contributed by atoms with van der Waals surface area (Å²) in [5, 5.41) is 18.0. The van der Waals surface area contributed by atoms with Crippen molar-refractivity contribution >= 4 is 15.9 Å². The maximum absolute atomic E-state index is 9.29. The number of hydrogen-bond donors (Lipinski definition) is 3. The summed E-state index contributed by atoms with van der Waals surface area (Å²) in [6.07, 6.45) is 1.38. The number of aliphatic hydroxyl groups is 1. The summed E-state index contributed by atoms with van der Waals surface area (Å²) < 4.78 is 0.890. The van der Waals surface area contributed by atoms with Gasteiger partial charge in [-0.25, -0.2) is 0 Å². The fraction of sp³-hybridized carbons (Fsp3) is 0.400. The van der Waals surface area contributed by atoms with Gasteiger partial charge in [0.05, 0.1) is 0 Å². The van der Waals surface area contributed by atoms with Gasteiger partial charge in [0, 0.05) is 17.1 Å². The van der Waals surface area contributed by atoms with Crippen molar-refractivity contribution < 1.29 is 10.2 Å². The SMILES string of the molecule is N[C@H](CCCO)c1cc(O)ccc1Br. The Balaban J connectivity index is 2.77. The summed E-state index contributed by atoms with van der Waals surface area (Å²) in [6, 6.07) is 4.87. The predicted octanol–water partition coefficient (Wildman–Crippen LogP) is 1.93. The second kappa shape index (κ2) is 5.34. The van der Waals surface area contributed by atoms with Gasteiger partial charge in [-0.2, -0.15) is 0 Å². The molecule has 0 fully saturated rings. The molecule has 14 heavy (non-hydrogen) atoms. The molecule has 0 saturated heterocycles. The predicted molar refractivity (Wildman–Crippen MR) is 59.1 cm³/mol. The van der Waals surface area contributed by atoms with Crippen molar-refractivity contribution in [3.05, 3.63) is 28.2 Å². The van der Waals surface area contributed by atoms with Crippen molar-refractivity contribution in [2.45, 2.75) is 18.9 Å². The molecule has 4 heteroatoms. The summed E-state index contributed by atoms with van der Waals surface area (Å²) in [6.45, 7) is 0.143. The standard InChI is InChI=1S/C10H14BrNO2/c11-9-4-3-7(14)6-8(9)10(12)2-1-5-13/h3-4,6,10,13-14H,1-2,5,12H2/t10-/m1/s1. The van der Waals surface area contributed by atoms with E-state index in [1.165, 1.54) is 0 Å². The third kappa shape index (κ3) is 2.97. The van der Waals surface area contributed by atoms with Gasteiger partial charge in [-0.15, -0.1) is 0 Å². The molecule has 0 aromatic heterocycles. The molecule has 0 aliphatic rings. The molecule has 0 radical (unpaired) electrons. The highest BCUT2D eigenvalue weighted by Crippen LogP contribution is 2.28. The maximum atomic E-state index is 9.29. The molecule has 1 atom stereocenters. The minimum absolute atomic E-state index is 0.143. The number of phenols is 1. The van der Waals surface area contributed by atoms with E-state index in [1.54, 1.807) is 18.2 Å². The molecule has 0 amide bonds. The van der Waals surface area contributed by atoms with Gasteiger partial charge in [-0.05, 0) is 36.6 Å². The smallest absolute Gasteiger partial charge is 0.115 e. The van der Waals surface area contributed by atoms with E-state index in [9.17, 15) is 5.11 Å². The summed E-state index contributed by atoms with van der Waals surface area (Å²) >= 11 is 3.37. The Morgan fingerprint density at radius 2 is 2.14 bits per heavy atom. The van der Waals surface area contributed by atoms with Crippen LogP contribution in [0.2, 0.25) is 0 Å². The Bertz CT molecular complexity index is 304. The lowest BCUT2D eigenvalue weighted by atomic mass is 10.0. The van der Waals surface area contributed by atoms with Gasteiger partial charge in [0.15, 0.2) is 0 Å². The quantitative estimate of drug-likeness (QED) is 0.774. The lowest BCUT2D eigenvalue weighted by Crippen LogP contribution is -2.11. The zero-order valence-corrected chi connectivity index (χ0v) is 9.37. The fourth-order valence-corrected chi connectivity index (χ4v) is 1.82. The van der Waals surface area contributed by atoms with Crippen LogP contribution in [-0.2, 0) is 0 Å². The Morgan fingerprint density at radius 1 is 1.43 bits per heavy atom. The summed E-state index contributed by atoms with van der Waals surface area (Å²) in [7, 11) is 0. The Hall–Kier alpha value is -0.580. The molecule has 0 aliphatic heterocycles. The number of nitrogens with two attached hydrogens (primary N) is 1. The fourth-order valence-electron chi connectivity index (χ4n) is 1.28. The molecule has 4 N–H and O–H groups in total. The first-order chi connectivity index (χ1) is 6.65. The molecule has 0 heterocycles. The van der Waals surface area contributed by atoms with Crippen molar-refractivity contribution in [2.24, 2.45) is 5.73 Å². The number of halogens is 1. The van der Waals surface area contributed by atoms with Crippen LogP contribution >= 0.6 is 15.9 Å². The van der Waals surface area contributed by atoms with E-state index in [4.69, 9.17) is 10.8 Å². The molecule has 0 unspecified atom stereocenters. The lowest BCUT2D eigenvalue weighted by Gasteiger charge is -2.13. The van der Waals surface area contributed by atoms with E-state index in [2.05, 4.69) is 15.9 Å². The van der Waals surface area contributed by atoms with Crippen LogP contribution in [0, 0.1) is 0 Å². The van der Waals surface area contributed by atoms with Crippen molar-refractivity contribution in [2.75, 3.05) is 6.61 Å². The van der Waals surface area contributed by atoms with E-state index in [-0.39, 0.29) is 18.4 Å². The molecule has 78 valence electrons. The molecule has 1 rings (SSSR count). The first kappa shape index (κ1) is 11.5. The van der Waals surface area contributed by atoms with Gasteiger partial charge in [0.25, 0.3) is 0 Å². The molecule has 0 saturated carbocycles. The van der Waals surface area contributed by atoms with Crippen molar-refractivity contribution in [3.8, 4) is 5.75 Å². The Morgan fingerprint density at radius 3 is 2.79 bits per heavy atom. The van der Waals surface area contributed by atoms with Crippen molar-refractivity contribution in [1.29, 1.82) is 0 Å². The molecule has 1 aromatic carbocycles. The largest absolute Gasteiger partial charge is 0.508 e. The van der Waals surface area contributed by atoms with Gasteiger partial charge in [0.1, 0.15) is 5.75 Å². The highest BCUT2D eigenvalue weighted by molar-refractivity contribution is 9.10. The first-order valence-corrected chi connectivity index (χ1v) is 5.29. The highest BCUT2D eigenvalue weighted by Gasteiger charge is 2.09. The van der Waals surface area contributed by atoms with E-state index in [0.717, 1.165) is 10.0 Å². The van der Waals surface area contributed by atoms with Crippen LogP contribution in [0.5, 0.6) is 5.75 Å². The maximum Gasteiger partial charge on any atom is 0.115 e. The topological polar surface area (TPSA) is 66.5 Å². The monoisotopic (exact) mass is 259 g/mol. The average Bonchev–Trinajstić information content (AvgIpc) is 2.18. The molecule has 0 aliphatic carbocycles. The molecule has 0 spiro atoms. The number of aromatic hydroxyl groups is 1. The number of aliphatic hydroxyl groups excluding tert-OH is 1. The van der Waals surface area contributed by atoms with E-state index in [0.29, 0.717) is 12.8 Å². The van der Waals surface area contributed by atoms with Crippen LogP contribution < -0.4 is 5.73 Å². The number of benzene rings is 1. The van der Waals surface area contributed by atoms with Gasteiger partial charge in [-0.1, -0.05) is 15.9 Å². The number of hydrogen-bond acceptors (Lipinski definition) is 3. The number of rotatable bonds is 4. The third-order valence-electron chi connectivity index (χ3n) is 2.05. The van der Waals surface area contributed by atoms with Crippen LogP contribution in [0.25, 0.3) is 0 Å². The van der Waals surface area contributed by atoms with Crippen LogP contribution in [0.4, 0.5) is 0 Å². The highest BCUT2D eigenvalue weighted by atomic mass is 79.9. The summed E-state index contributed by atoms with van der Waals surface area (Å²) in [5.41, 5.74) is 6.77. The lowest BCUT2D eigenvalue weighted by molar-refractivity contribution is 0.280. The Kier molecular flexibility index (Phi) is 4.38. The molecule has 1 aromatic rings. The third-order valence-corrected chi connectivity index (χ3v) is 2.77. The molecular formula is C10H14BrNO2. The molecule has 0 bridgehead atoms. The van der Waals surface area contributed by atoms with Crippen LogP contribution in [-0.4, -0.2) is 16.8 Å². The van der Waals surface area contributed by atoms with Crippen LogP contribution in [0.15, 0.2) is 22.7 Å². The second-order valence-electron chi connectivity index (χ2n) is 3.18. The summed E-state index contributed by atoms with van der Waals surface area (Å²) in [5.74, 6) is 0.211. The van der Waals surface area contributed by atoms with E-state index < -0.39 is 0 Å². The van der Waals surface area contributed by atoms with Crippen molar-refractivity contribution in [1.82, 2.24) is 0 Å². The Labute approximate surface area is 91.7 Å². The van der Waals surface area contributed by atoms with Crippen molar-refractivity contribution in [3.63, 3.8) is 0 Å². The van der Waals surface area contributed by atoms with Gasteiger partial charge in [-0.3, -0.25) is 0 Å². The van der Waals surface area contributed by atoms with Gasteiger partial charge < -0.3 is 15.9 Å². The molecular weight excluding hydrogens is 246 g/mol. The summed E-state index contributed by atoms with van der Waals surface area (Å²) in [4.78, 5) is 0. The zero-order chi connectivity index (χ0) is 10.6.